The molecule has 19 heavy (non-hydrogen) atoms. The number of hydrogen-bond donors (Lipinski definition) is 1. The molecule has 0 atom stereocenters. The zero-order chi connectivity index (χ0) is 13.1. The van der Waals surface area contributed by atoms with Crippen molar-refractivity contribution in [3.63, 3.8) is 0 Å². The third-order valence-electron chi connectivity index (χ3n) is 3.91. The fourth-order valence-corrected chi connectivity index (χ4v) is 2.81. The number of nitrogens with two attached hydrogens (primary N) is 1. The molecule has 2 aromatic heterocycles. The zero-order valence-corrected chi connectivity index (χ0v) is 11.4. The number of imidazole rings is 1. The van der Waals surface area contributed by atoms with Gasteiger partial charge in [-0.25, -0.2) is 4.98 Å². The first-order valence-electron chi connectivity index (χ1n) is 7.27. The van der Waals surface area contributed by atoms with Crippen LogP contribution in [-0.2, 0) is 6.42 Å². The van der Waals surface area contributed by atoms with E-state index in [1.54, 1.807) is 0 Å². The molecule has 1 fully saturated rings. The molecule has 4 heteroatoms. The molecule has 0 unspecified atom stereocenters. The van der Waals surface area contributed by atoms with Crippen LogP contribution in [0.15, 0.2) is 24.5 Å². The van der Waals surface area contributed by atoms with E-state index in [1.165, 1.54) is 38.8 Å². The molecule has 0 spiro atoms. The Labute approximate surface area is 114 Å². The zero-order valence-electron chi connectivity index (χ0n) is 11.4. The number of fused-ring (bicyclic) bond motifs is 1. The number of pyridine rings is 1. The van der Waals surface area contributed by atoms with Crippen molar-refractivity contribution >= 4 is 11.3 Å². The molecule has 2 aromatic rings. The molecule has 4 nitrogen and oxygen atoms in total. The maximum Gasteiger partial charge on any atom is 0.137 e. The number of rotatable bonds is 3. The molecule has 0 bridgehead atoms. The quantitative estimate of drug-likeness (QED) is 0.919. The molecule has 102 valence electrons. The molecule has 1 aliphatic rings. The second-order valence-electron chi connectivity index (χ2n) is 5.47. The van der Waals surface area contributed by atoms with E-state index in [0.29, 0.717) is 0 Å². The Morgan fingerprint density at radius 2 is 1.84 bits per heavy atom. The first-order chi connectivity index (χ1) is 9.31. The molecule has 0 radical (unpaired) electrons. The highest BCUT2D eigenvalue weighted by molar-refractivity contribution is 5.48. The fraction of sp³-hybridized carbons (Fsp3) is 0.533. The fourth-order valence-electron chi connectivity index (χ4n) is 2.81. The smallest absolute Gasteiger partial charge is 0.137 e. The van der Waals surface area contributed by atoms with E-state index in [-0.39, 0.29) is 0 Å². The molecule has 2 N–H and O–H groups in total. The summed E-state index contributed by atoms with van der Waals surface area (Å²) in [6.45, 7) is 3.63. The summed E-state index contributed by atoms with van der Waals surface area (Å²) in [6.07, 6.45) is 10.5. The van der Waals surface area contributed by atoms with Gasteiger partial charge < -0.3 is 15.0 Å². The van der Waals surface area contributed by atoms with Crippen LogP contribution >= 0.6 is 0 Å². The van der Waals surface area contributed by atoms with Crippen molar-refractivity contribution in [2.24, 2.45) is 0 Å². The number of nitrogen functional groups attached to an aromatic ring is 1. The Kier molecular flexibility index (Phi) is 3.69. The van der Waals surface area contributed by atoms with Gasteiger partial charge in [-0.2, -0.15) is 0 Å². The maximum atomic E-state index is 5.78. The van der Waals surface area contributed by atoms with Gasteiger partial charge in [0.25, 0.3) is 0 Å². The third-order valence-corrected chi connectivity index (χ3v) is 3.91. The van der Waals surface area contributed by atoms with Crippen LogP contribution in [-0.4, -0.2) is 33.9 Å². The summed E-state index contributed by atoms with van der Waals surface area (Å²) in [6, 6.07) is 3.88. The van der Waals surface area contributed by atoms with Crippen LogP contribution in [0.1, 0.15) is 31.4 Å². The predicted octanol–water partition coefficient (Wildman–Crippen LogP) is 2.33. The van der Waals surface area contributed by atoms with Crippen LogP contribution in [0, 0.1) is 0 Å². The molecule has 0 aromatic carbocycles. The van der Waals surface area contributed by atoms with Crippen LogP contribution in [0.4, 0.5) is 5.69 Å². The highest BCUT2D eigenvalue weighted by Gasteiger charge is 2.10. The molecule has 0 aliphatic carbocycles. The van der Waals surface area contributed by atoms with Crippen LogP contribution in [0.2, 0.25) is 0 Å². The lowest BCUT2D eigenvalue weighted by Gasteiger charge is -2.18. The Hall–Kier alpha value is -1.55. The minimum atomic E-state index is 0.781. The SMILES string of the molecule is Nc1ccc2nc(CCN3CCCCCC3)cn2c1. The molecule has 0 saturated carbocycles. The Bertz CT molecular complexity index is 538. The summed E-state index contributed by atoms with van der Waals surface area (Å²) in [4.78, 5) is 7.22. The summed E-state index contributed by atoms with van der Waals surface area (Å²) in [5.41, 5.74) is 8.71. The van der Waals surface area contributed by atoms with E-state index in [1.807, 2.05) is 22.7 Å². The maximum absolute atomic E-state index is 5.78. The van der Waals surface area contributed by atoms with Crippen molar-refractivity contribution < 1.29 is 0 Å². The average molecular weight is 258 g/mol. The molecular weight excluding hydrogens is 236 g/mol. The molecule has 1 saturated heterocycles. The highest BCUT2D eigenvalue weighted by Crippen LogP contribution is 2.12. The number of nitrogens with zero attached hydrogens (tertiary/aromatic N) is 3. The van der Waals surface area contributed by atoms with Crippen molar-refractivity contribution in [2.45, 2.75) is 32.1 Å². The lowest BCUT2D eigenvalue weighted by atomic mass is 10.2. The van der Waals surface area contributed by atoms with Crippen molar-refractivity contribution in [1.82, 2.24) is 14.3 Å². The van der Waals surface area contributed by atoms with E-state index in [4.69, 9.17) is 5.73 Å². The normalized spacial score (nSPS) is 17.7. The Morgan fingerprint density at radius 1 is 1.05 bits per heavy atom. The van der Waals surface area contributed by atoms with Crippen molar-refractivity contribution in [3.8, 4) is 0 Å². The number of aromatic nitrogens is 2. The standard InChI is InChI=1S/C15H22N4/c16-13-5-6-15-17-14(12-19(15)11-13)7-10-18-8-3-1-2-4-9-18/h5-6,11-12H,1-4,7-10,16H2. The topological polar surface area (TPSA) is 46.6 Å². The Morgan fingerprint density at radius 3 is 2.63 bits per heavy atom. The van der Waals surface area contributed by atoms with Gasteiger partial charge >= 0.3 is 0 Å². The second kappa shape index (κ2) is 5.61. The Balaban J connectivity index is 1.64. The monoisotopic (exact) mass is 258 g/mol. The summed E-state index contributed by atoms with van der Waals surface area (Å²) >= 11 is 0. The van der Waals surface area contributed by atoms with Crippen LogP contribution < -0.4 is 5.73 Å². The van der Waals surface area contributed by atoms with Crippen molar-refractivity contribution in [2.75, 3.05) is 25.4 Å². The van der Waals surface area contributed by atoms with E-state index < -0.39 is 0 Å². The van der Waals surface area contributed by atoms with Crippen LogP contribution in [0.3, 0.4) is 0 Å². The average Bonchev–Trinajstić information content (AvgIpc) is 2.63. The van der Waals surface area contributed by atoms with E-state index in [9.17, 15) is 0 Å². The molecular formula is C15H22N4. The first kappa shape index (κ1) is 12.5. The van der Waals surface area contributed by atoms with Gasteiger partial charge in [0.15, 0.2) is 0 Å². The predicted molar refractivity (Wildman–Crippen MR) is 78.2 cm³/mol. The van der Waals surface area contributed by atoms with Crippen LogP contribution in [0.25, 0.3) is 5.65 Å². The summed E-state index contributed by atoms with van der Waals surface area (Å²) in [5.74, 6) is 0. The van der Waals surface area contributed by atoms with E-state index in [0.717, 1.165) is 30.0 Å². The minimum Gasteiger partial charge on any atom is -0.398 e. The second-order valence-corrected chi connectivity index (χ2v) is 5.47. The highest BCUT2D eigenvalue weighted by atomic mass is 15.1. The molecule has 3 rings (SSSR count). The number of anilines is 1. The van der Waals surface area contributed by atoms with Crippen LogP contribution in [0.5, 0.6) is 0 Å². The lowest BCUT2D eigenvalue weighted by Crippen LogP contribution is -2.27. The molecule has 1 aliphatic heterocycles. The summed E-state index contributed by atoms with van der Waals surface area (Å²) in [5, 5.41) is 0. The summed E-state index contributed by atoms with van der Waals surface area (Å²) < 4.78 is 2.02. The first-order valence-corrected chi connectivity index (χ1v) is 7.27. The lowest BCUT2D eigenvalue weighted by molar-refractivity contribution is 0.288. The van der Waals surface area contributed by atoms with Crippen molar-refractivity contribution in [1.29, 1.82) is 0 Å². The van der Waals surface area contributed by atoms with E-state index >= 15 is 0 Å². The summed E-state index contributed by atoms with van der Waals surface area (Å²) in [7, 11) is 0. The van der Waals surface area contributed by atoms with E-state index in [2.05, 4.69) is 16.1 Å². The van der Waals surface area contributed by atoms with Gasteiger partial charge in [0.1, 0.15) is 5.65 Å². The largest absolute Gasteiger partial charge is 0.398 e. The molecule has 0 amide bonds. The van der Waals surface area contributed by atoms with Gasteiger partial charge in [0.2, 0.25) is 0 Å². The third kappa shape index (κ3) is 3.07. The van der Waals surface area contributed by atoms with Gasteiger partial charge in [-0.3, -0.25) is 0 Å². The van der Waals surface area contributed by atoms with Gasteiger partial charge in [-0.15, -0.1) is 0 Å². The number of hydrogen-bond acceptors (Lipinski definition) is 3. The van der Waals surface area contributed by atoms with Gasteiger partial charge in [-0.05, 0) is 38.1 Å². The molecule has 3 heterocycles. The van der Waals surface area contributed by atoms with Gasteiger partial charge in [-0.1, -0.05) is 12.8 Å². The van der Waals surface area contributed by atoms with Crippen molar-refractivity contribution in [3.05, 3.63) is 30.2 Å². The minimum absolute atomic E-state index is 0.781. The number of likely N-dealkylation sites (tertiary alicyclic amines) is 1. The van der Waals surface area contributed by atoms with Gasteiger partial charge in [0, 0.05) is 31.0 Å². The van der Waals surface area contributed by atoms with Gasteiger partial charge in [0.05, 0.1) is 5.69 Å².